The van der Waals surface area contributed by atoms with Crippen LogP contribution >= 0.6 is 0 Å². The van der Waals surface area contributed by atoms with Crippen molar-refractivity contribution in [3.8, 4) is 6.07 Å². The van der Waals surface area contributed by atoms with Crippen molar-refractivity contribution in [1.29, 1.82) is 5.26 Å². The average Bonchev–Trinajstić information content (AvgIpc) is 2.36. The van der Waals surface area contributed by atoms with Crippen molar-refractivity contribution >= 4 is 17.8 Å². The van der Waals surface area contributed by atoms with Gasteiger partial charge in [-0.1, -0.05) is 0 Å². The van der Waals surface area contributed by atoms with Gasteiger partial charge in [0.1, 0.15) is 0 Å². The fraction of sp³-hybridized carbons (Fsp3) is 0.154. The predicted molar refractivity (Wildman–Crippen MR) is 70.0 cm³/mol. The number of amides is 1. The van der Waals surface area contributed by atoms with Crippen LogP contribution in [0.1, 0.15) is 19.4 Å². The number of benzene rings is 1. The quantitative estimate of drug-likeness (QED) is 0.620. The van der Waals surface area contributed by atoms with E-state index in [9.17, 15) is 4.79 Å². The first-order chi connectivity index (χ1) is 8.58. The number of nitrogens with one attached hydrogen (secondary N) is 1. The molecule has 0 saturated heterocycles. The van der Waals surface area contributed by atoms with E-state index in [1.165, 1.54) is 0 Å². The highest BCUT2D eigenvalue weighted by atomic mass is 16.1. The second-order valence-corrected chi connectivity index (χ2v) is 3.68. The first kappa shape index (κ1) is 13.5. The minimum absolute atomic E-state index is 0.483. The molecule has 3 N–H and O–H groups in total. The van der Waals surface area contributed by atoms with Gasteiger partial charge in [-0.25, -0.2) is 0 Å². The van der Waals surface area contributed by atoms with Gasteiger partial charge in [0.25, 0.3) is 0 Å². The van der Waals surface area contributed by atoms with Crippen LogP contribution in [0.2, 0.25) is 0 Å². The van der Waals surface area contributed by atoms with Crippen LogP contribution in [0, 0.1) is 11.3 Å². The second kappa shape index (κ2) is 6.21. The fourth-order valence-corrected chi connectivity index (χ4v) is 1.42. The maximum absolute atomic E-state index is 10.5. The summed E-state index contributed by atoms with van der Waals surface area (Å²) >= 11 is 0. The summed E-state index contributed by atoms with van der Waals surface area (Å²) in [5.74, 6) is 0. The summed E-state index contributed by atoms with van der Waals surface area (Å²) in [5, 5.41) is 11.2. The highest BCUT2D eigenvalue weighted by Gasteiger charge is 2.04. The van der Waals surface area contributed by atoms with Crippen LogP contribution in [0.25, 0.3) is 0 Å². The largest absolute Gasteiger partial charge is 0.401 e. The summed E-state index contributed by atoms with van der Waals surface area (Å²) in [7, 11) is 0. The van der Waals surface area contributed by atoms with Crippen molar-refractivity contribution in [3.63, 3.8) is 0 Å². The number of rotatable bonds is 4. The maximum atomic E-state index is 10.5. The van der Waals surface area contributed by atoms with Gasteiger partial charge in [0, 0.05) is 5.70 Å². The Morgan fingerprint density at radius 2 is 2.00 bits per heavy atom. The number of hydrogen-bond donors (Lipinski definition) is 2. The summed E-state index contributed by atoms with van der Waals surface area (Å²) in [6.07, 6.45) is 0.559. The molecule has 1 aromatic carbocycles. The van der Waals surface area contributed by atoms with Crippen LogP contribution in [0.4, 0.5) is 5.69 Å². The van der Waals surface area contributed by atoms with Gasteiger partial charge in [-0.3, -0.25) is 9.79 Å². The summed E-state index contributed by atoms with van der Waals surface area (Å²) < 4.78 is 0. The van der Waals surface area contributed by atoms with E-state index in [4.69, 9.17) is 11.0 Å². The van der Waals surface area contributed by atoms with Gasteiger partial charge in [0.05, 0.1) is 28.7 Å². The lowest BCUT2D eigenvalue weighted by Crippen LogP contribution is -2.21. The van der Waals surface area contributed by atoms with Crippen molar-refractivity contribution in [1.82, 2.24) is 5.32 Å². The Hall–Kier alpha value is -2.61. The van der Waals surface area contributed by atoms with Crippen molar-refractivity contribution in [2.45, 2.75) is 13.8 Å². The third-order valence-electron chi connectivity index (χ3n) is 2.25. The van der Waals surface area contributed by atoms with E-state index < -0.39 is 0 Å². The first-order valence-electron chi connectivity index (χ1n) is 5.31. The van der Waals surface area contributed by atoms with E-state index in [-0.39, 0.29) is 0 Å². The smallest absolute Gasteiger partial charge is 0.211 e. The Labute approximate surface area is 106 Å². The lowest BCUT2D eigenvalue weighted by molar-refractivity contribution is -0.108. The molecule has 0 aliphatic heterocycles. The number of carbonyl (C=O) groups excluding carboxylic acids is 1. The van der Waals surface area contributed by atoms with Gasteiger partial charge >= 0.3 is 0 Å². The Balaban J connectivity index is 3.04. The first-order valence-corrected chi connectivity index (χ1v) is 5.31. The van der Waals surface area contributed by atoms with E-state index in [0.29, 0.717) is 34.8 Å². The van der Waals surface area contributed by atoms with Crippen LogP contribution in [0.3, 0.4) is 0 Å². The van der Waals surface area contributed by atoms with Crippen molar-refractivity contribution in [3.05, 3.63) is 41.2 Å². The molecule has 1 amide bonds. The predicted octanol–water partition coefficient (Wildman–Crippen LogP) is 1.59. The molecule has 92 valence electrons. The Morgan fingerprint density at radius 1 is 1.39 bits per heavy atom. The highest BCUT2D eigenvalue weighted by Crippen LogP contribution is 2.14. The molecule has 0 unspecified atom stereocenters. The lowest BCUT2D eigenvalue weighted by Gasteiger charge is -2.07. The van der Waals surface area contributed by atoms with Gasteiger partial charge in [0.2, 0.25) is 6.41 Å². The molecule has 0 radical (unpaired) electrons. The summed E-state index contributed by atoms with van der Waals surface area (Å²) in [6, 6.07) is 8.85. The Kier molecular flexibility index (Phi) is 4.64. The van der Waals surface area contributed by atoms with E-state index in [1.54, 1.807) is 38.1 Å². The third-order valence-corrected chi connectivity index (χ3v) is 2.25. The molecule has 0 spiro atoms. The van der Waals surface area contributed by atoms with Gasteiger partial charge in [-0.15, -0.1) is 0 Å². The average molecular weight is 242 g/mol. The van der Waals surface area contributed by atoms with Crippen molar-refractivity contribution < 1.29 is 4.79 Å². The molecule has 0 aliphatic rings. The Morgan fingerprint density at radius 3 is 2.44 bits per heavy atom. The maximum Gasteiger partial charge on any atom is 0.211 e. The minimum atomic E-state index is 0.483. The normalized spacial score (nSPS) is 12.4. The molecule has 1 aromatic rings. The molecule has 0 fully saturated rings. The van der Waals surface area contributed by atoms with E-state index in [2.05, 4.69) is 10.3 Å². The van der Waals surface area contributed by atoms with E-state index in [1.807, 2.05) is 6.07 Å². The van der Waals surface area contributed by atoms with Crippen LogP contribution < -0.4 is 11.1 Å². The topological polar surface area (TPSA) is 91.3 Å². The summed E-state index contributed by atoms with van der Waals surface area (Å²) in [5.41, 5.74) is 8.50. The standard InChI is InChI=1S/C13H14N4O/c1-9(15)13(16-8-18)10(2)17-12-5-3-11(7-14)4-6-12/h3-6,8H,15H2,1-2H3,(H,16,18). The van der Waals surface area contributed by atoms with Crippen molar-refractivity contribution in [2.75, 3.05) is 0 Å². The van der Waals surface area contributed by atoms with Crippen LogP contribution in [0.15, 0.2) is 40.7 Å². The molecule has 0 aromatic heterocycles. The van der Waals surface area contributed by atoms with Crippen LogP contribution in [0.5, 0.6) is 0 Å². The lowest BCUT2D eigenvalue weighted by atomic mass is 10.2. The van der Waals surface area contributed by atoms with Crippen molar-refractivity contribution in [2.24, 2.45) is 10.7 Å². The molecular formula is C13H14N4O. The van der Waals surface area contributed by atoms with Gasteiger partial charge < -0.3 is 11.1 Å². The molecule has 0 saturated carbocycles. The zero-order valence-electron chi connectivity index (χ0n) is 10.3. The zero-order valence-corrected chi connectivity index (χ0v) is 10.3. The number of carbonyl (C=O) groups is 1. The second-order valence-electron chi connectivity index (χ2n) is 3.68. The molecule has 1 rings (SSSR count). The number of nitrogens with two attached hydrogens (primary N) is 1. The monoisotopic (exact) mass is 242 g/mol. The van der Waals surface area contributed by atoms with Gasteiger partial charge in [-0.05, 0) is 38.1 Å². The number of nitriles is 1. The molecule has 5 nitrogen and oxygen atoms in total. The van der Waals surface area contributed by atoms with Gasteiger partial charge in [-0.2, -0.15) is 5.26 Å². The minimum Gasteiger partial charge on any atom is -0.401 e. The summed E-state index contributed by atoms with van der Waals surface area (Å²) in [6.45, 7) is 3.43. The van der Waals surface area contributed by atoms with E-state index >= 15 is 0 Å². The number of hydrogen-bond acceptors (Lipinski definition) is 4. The molecule has 18 heavy (non-hydrogen) atoms. The molecule has 0 atom stereocenters. The molecule has 0 heterocycles. The van der Waals surface area contributed by atoms with Crippen LogP contribution in [-0.2, 0) is 4.79 Å². The zero-order chi connectivity index (χ0) is 13.5. The van der Waals surface area contributed by atoms with Gasteiger partial charge in [0.15, 0.2) is 0 Å². The number of aliphatic imine (C=N–C) groups is 1. The fourth-order valence-electron chi connectivity index (χ4n) is 1.42. The molecule has 0 bridgehead atoms. The highest BCUT2D eigenvalue weighted by molar-refractivity contribution is 6.01. The number of allylic oxidation sites excluding steroid dienone is 2. The number of nitrogens with zero attached hydrogens (tertiary/aromatic N) is 2. The van der Waals surface area contributed by atoms with Crippen LogP contribution in [-0.4, -0.2) is 12.1 Å². The molecular weight excluding hydrogens is 228 g/mol. The SMILES string of the molecule is CC(=Nc1ccc(C#N)cc1)C(NC=O)=C(C)N. The summed E-state index contributed by atoms with van der Waals surface area (Å²) in [4.78, 5) is 14.8. The molecule has 5 heteroatoms. The van der Waals surface area contributed by atoms with E-state index in [0.717, 1.165) is 0 Å². The Bertz CT molecular complexity index is 531. The molecule has 0 aliphatic carbocycles. The third kappa shape index (κ3) is 3.46.